The summed E-state index contributed by atoms with van der Waals surface area (Å²) in [6, 6.07) is 8.53. The fraction of sp³-hybridized carbons (Fsp3) is 0.650. The fourth-order valence-electron chi connectivity index (χ4n) is 3.72. The number of nitrogens with zero attached hydrogens (tertiary/aromatic N) is 2. The van der Waals surface area contributed by atoms with Gasteiger partial charge in [0.15, 0.2) is 0 Å². The summed E-state index contributed by atoms with van der Waals surface area (Å²) in [6.45, 7) is 4.66. The van der Waals surface area contributed by atoms with Crippen molar-refractivity contribution in [2.24, 2.45) is 0 Å². The molecule has 0 unspecified atom stereocenters. The van der Waals surface area contributed by atoms with Gasteiger partial charge in [-0.05, 0) is 49.8 Å². The van der Waals surface area contributed by atoms with Crippen molar-refractivity contribution in [1.82, 2.24) is 9.80 Å². The van der Waals surface area contributed by atoms with Gasteiger partial charge in [-0.25, -0.2) is 0 Å². The minimum atomic E-state index is 0.0952. The lowest BCUT2D eigenvalue weighted by Crippen LogP contribution is -2.37. The highest BCUT2D eigenvalue weighted by Crippen LogP contribution is 2.24. The topological polar surface area (TPSA) is 42.0 Å². The van der Waals surface area contributed by atoms with Crippen LogP contribution >= 0.6 is 0 Å². The molecule has 1 aliphatic carbocycles. The van der Waals surface area contributed by atoms with E-state index >= 15 is 0 Å². The van der Waals surface area contributed by atoms with E-state index in [1.807, 2.05) is 4.90 Å². The second kappa shape index (κ2) is 9.20. The van der Waals surface area contributed by atoms with Crippen LogP contribution in [0.25, 0.3) is 0 Å². The summed E-state index contributed by atoms with van der Waals surface area (Å²) in [5, 5.41) is 0. The molecule has 2 aliphatic rings. The predicted octanol–water partition coefficient (Wildman–Crippen LogP) is 2.69. The Kier molecular flexibility index (Phi) is 6.70. The molecule has 0 N–H and O–H groups in total. The van der Waals surface area contributed by atoms with Gasteiger partial charge in [0.1, 0.15) is 12.4 Å². The fourth-order valence-corrected chi connectivity index (χ4v) is 3.72. The van der Waals surface area contributed by atoms with E-state index in [0.29, 0.717) is 6.10 Å². The van der Waals surface area contributed by atoms with E-state index in [0.717, 1.165) is 44.9 Å². The minimum Gasteiger partial charge on any atom is -0.490 e. The van der Waals surface area contributed by atoms with Gasteiger partial charge >= 0.3 is 0 Å². The smallest absolute Gasteiger partial charge is 0.248 e. The van der Waals surface area contributed by atoms with Gasteiger partial charge in [0.2, 0.25) is 5.91 Å². The minimum absolute atomic E-state index is 0.0952. The number of carbonyl (C=O) groups is 1. The van der Waals surface area contributed by atoms with Crippen molar-refractivity contribution in [3.8, 4) is 5.75 Å². The summed E-state index contributed by atoms with van der Waals surface area (Å²) in [6.07, 6.45) is 6.38. The lowest BCUT2D eigenvalue weighted by molar-refractivity contribution is -0.135. The molecule has 1 aliphatic heterocycles. The maximum absolute atomic E-state index is 12.0. The standard InChI is InChI=1S/C20H30N2O3/c1-24-16-20(23)22-12-4-11-21(13-14-22)15-17-7-9-19(10-8-17)25-18-5-2-3-6-18/h7-10,18H,2-6,11-16H2,1H3. The molecule has 1 heterocycles. The highest BCUT2D eigenvalue weighted by Gasteiger charge is 2.19. The molecule has 0 spiro atoms. The molecule has 138 valence electrons. The molecule has 1 aromatic rings. The van der Waals surface area contributed by atoms with Crippen LogP contribution in [-0.2, 0) is 16.1 Å². The van der Waals surface area contributed by atoms with Crippen LogP contribution in [0.15, 0.2) is 24.3 Å². The first-order valence-electron chi connectivity index (χ1n) is 9.49. The lowest BCUT2D eigenvalue weighted by atomic mass is 10.2. The normalized spacial score (nSPS) is 19.8. The molecule has 0 radical (unpaired) electrons. The lowest BCUT2D eigenvalue weighted by Gasteiger charge is -2.22. The predicted molar refractivity (Wildman–Crippen MR) is 97.7 cm³/mol. The van der Waals surface area contributed by atoms with Crippen molar-refractivity contribution in [3.05, 3.63) is 29.8 Å². The number of methoxy groups -OCH3 is 1. The number of carbonyl (C=O) groups excluding carboxylic acids is 1. The van der Waals surface area contributed by atoms with Crippen LogP contribution in [0.4, 0.5) is 0 Å². The van der Waals surface area contributed by atoms with E-state index in [1.54, 1.807) is 7.11 Å². The Hall–Kier alpha value is -1.59. The summed E-state index contributed by atoms with van der Waals surface area (Å²) in [7, 11) is 1.57. The second-order valence-electron chi connectivity index (χ2n) is 7.11. The van der Waals surface area contributed by atoms with Crippen LogP contribution in [0.3, 0.4) is 0 Å². The number of ether oxygens (including phenoxy) is 2. The molecule has 2 fully saturated rings. The third kappa shape index (κ3) is 5.44. The third-order valence-corrected chi connectivity index (χ3v) is 5.14. The van der Waals surface area contributed by atoms with Gasteiger partial charge in [-0.3, -0.25) is 9.69 Å². The molecule has 5 heteroatoms. The molecule has 0 aromatic heterocycles. The summed E-state index contributed by atoms with van der Waals surface area (Å²) in [5.41, 5.74) is 1.30. The van der Waals surface area contributed by atoms with E-state index in [-0.39, 0.29) is 12.5 Å². The maximum atomic E-state index is 12.0. The summed E-state index contributed by atoms with van der Waals surface area (Å²) < 4.78 is 11.0. The zero-order valence-corrected chi connectivity index (χ0v) is 15.3. The van der Waals surface area contributed by atoms with E-state index < -0.39 is 0 Å². The Balaban J connectivity index is 1.47. The average molecular weight is 346 g/mol. The van der Waals surface area contributed by atoms with E-state index in [9.17, 15) is 4.79 Å². The van der Waals surface area contributed by atoms with Crippen molar-refractivity contribution in [1.29, 1.82) is 0 Å². The van der Waals surface area contributed by atoms with E-state index in [4.69, 9.17) is 9.47 Å². The first kappa shape index (κ1) is 18.2. The molecular formula is C20H30N2O3. The average Bonchev–Trinajstić information content (AvgIpc) is 3.01. The Morgan fingerprint density at radius 1 is 1.04 bits per heavy atom. The zero-order chi connectivity index (χ0) is 17.5. The Morgan fingerprint density at radius 2 is 1.80 bits per heavy atom. The molecule has 1 amide bonds. The largest absolute Gasteiger partial charge is 0.490 e. The van der Waals surface area contributed by atoms with Crippen LogP contribution in [0.1, 0.15) is 37.7 Å². The van der Waals surface area contributed by atoms with Crippen LogP contribution in [-0.4, -0.2) is 61.7 Å². The second-order valence-corrected chi connectivity index (χ2v) is 7.11. The molecule has 0 atom stereocenters. The molecule has 25 heavy (non-hydrogen) atoms. The van der Waals surface area contributed by atoms with E-state index in [1.165, 1.54) is 31.2 Å². The number of rotatable bonds is 6. The van der Waals surface area contributed by atoms with E-state index in [2.05, 4.69) is 29.2 Å². The third-order valence-electron chi connectivity index (χ3n) is 5.14. The molecule has 1 saturated heterocycles. The van der Waals surface area contributed by atoms with Gasteiger partial charge in [-0.15, -0.1) is 0 Å². The first-order chi connectivity index (χ1) is 12.2. The zero-order valence-electron chi connectivity index (χ0n) is 15.3. The summed E-state index contributed by atoms with van der Waals surface area (Å²) >= 11 is 0. The number of hydrogen-bond donors (Lipinski definition) is 0. The molecule has 3 rings (SSSR count). The van der Waals surface area contributed by atoms with Gasteiger partial charge < -0.3 is 14.4 Å². The molecule has 0 bridgehead atoms. The maximum Gasteiger partial charge on any atom is 0.248 e. The summed E-state index contributed by atoms with van der Waals surface area (Å²) in [5.74, 6) is 1.08. The number of hydrogen-bond acceptors (Lipinski definition) is 4. The van der Waals surface area contributed by atoms with Gasteiger partial charge in [-0.2, -0.15) is 0 Å². The van der Waals surface area contributed by atoms with Gasteiger partial charge in [-0.1, -0.05) is 12.1 Å². The Morgan fingerprint density at radius 3 is 2.52 bits per heavy atom. The van der Waals surface area contributed by atoms with Crippen molar-refractivity contribution in [3.63, 3.8) is 0 Å². The van der Waals surface area contributed by atoms with Gasteiger partial charge in [0.05, 0.1) is 6.10 Å². The molecular weight excluding hydrogens is 316 g/mol. The molecule has 5 nitrogen and oxygen atoms in total. The Labute approximate surface area is 150 Å². The van der Waals surface area contributed by atoms with Crippen molar-refractivity contribution >= 4 is 5.91 Å². The number of amides is 1. The van der Waals surface area contributed by atoms with Crippen molar-refractivity contribution in [2.45, 2.75) is 44.8 Å². The number of benzene rings is 1. The van der Waals surface area contributed by atoms with Gasteiger partial charge in [0, 0.05) is 39.8 Å². The van der Waals surface area contributed by atoms with Crippen molar-refractivity contribution < 1.29 is 14.3 Å². The monoisotopic (exact) mass is 346 g/mol. The first-order valence-corrected chi connectivity index (χ1v) is 9.49. The Bertz CT molecular complexity index is 540. The van der Waals surface area contributed by atoms with Crippen LogP contribution < -0.4 is 4.74 Å². The van der Waals surface area contributed by atoms with Crippen molar-refractivity contribution in [2.75, 3.05) is 39.9 Å². The van der Waals surface area contributed by atoms with Crippen LogP contribution in [0, 0.1) is 0 Å². The highest BCUT2D eigenvalue weighted by atomic mass is 16.5. The quantitative estimate of drug-likeness (QED) is 0.794. The van der Waals surface area contributed by atoms with Crippen LogP contribution in [0.5, 0.6) is 5.75 Å². The SMILES string of the molecule is COCC(=O)N1CCCN(Cc2ccc(OC3CCCC3)cc2)CC1. The van der Waals surface area contributed by atoms with Crippen LogP contribution in [0.2, 0.25) is 0 Å². The van der Waals surface area contributed by atoms with Gasteiger partial charge in [0.25, 0.3) is 0 Å². The summed E-state index contributed by atoms with van der Waals surface area (Å²) in [4.78, 5) is 16.3. The molecule has 1 aromatic carbocycles. The highest BCUT2D eigenvalue weighted by molar-refractivity contribution is 5.77. The molecule has 1 saturated carbocycles.